The average Bonchev–Trinajstić information content (AvgIpc) is 3.55. The van der Waals surface area contributed by atoms with Crippen LogP contribution in [0.3, 0.4) is 0 Å². The highest BCUT2D eigenvalue weighted by atomic mass is 32.1. The van der Waals surface area contributed by atoms with Crippen molar-refractivity contribution in [3.05, 3.63) is 51.2 Å². The summed E-state index contributed by atoms with van der Waals surface area (Å²) < 4.78 is 10.6. The van der Waals surface area contributed by atoms with Gasteiger partial charge in [0.05, 0.1) is 36.6 Å². The van der Waals surface area contributed by atoms with Crippen LogP contribution >= 0.6 is 11.3 Å². The first kappa shape index (κ1) is 23.7. The molecule has 2 aromatic rings. The number of imide groups is 1. The summed E-state index contributed by atoms with van der Waals surface area (Å²) in [6.45, 7) is 2.45. The van der Waals surface area contributed by atoms with Crippen molar-refractivity contribution in [1.82, 2.24) is 20.4 Å². The quantitative estimate of drug-likeness (QED) is 0.139. The van der Waals surface area contributed by atoms with Gasteiger partial charge < -0.3 is 29.8 Å². The van der Waals surface area contributed by atoms with E-state index in [1.165, 1.54) is 23.3 Å². The monoisotopic (exact) mass is 509 g/mol. The van der Waals surface area contributed by atoms with Crippen molar-refractivity contribution in [2.75, 3.05) is 40.0 Å². The van der Waals surface area contributed by atoms with Crippen LogP contribution in [-0.4, -0.2) is 84.2 Å². The van der Waals surface area contributed by atoms with Gasteiger partial charge in [-0.25, -0.2) is 4.79 Å². The van der Waals surface area contributed by atoms with Gasteiger partial charge >= 0.3 is 6.03 Å². The Bertz CT molecular complexity index is 1320. The topological polar surface area (TPSA) is 133 Å². The van der Waals surface area contributed by atoms with Crippen molar-refractivity contribution in [1.29, 1.82) is 0 Å². The average molecular weight is 510 g/mol. The maximum atomic E-state index is 13.0. The molecule has 0 radical (unpaired) electrons. The van der Waals surface area contributed by atoms with Crippen molar-refractivity contribution in [2.45, 2.75) is 12.1 Å². The summed E-state index contributed by atoms with van der Waals surface area (Å²) in [5.74, 6) is 5.95. The number of hydrogen-bond donors (Lipinski definition) is 3. The number of benzene rings is 1. The SMILES string of the molecule is COc1ccc2c(c1)C(=O)N(C[C@@]1(C#Cc3ccc(/C(=N\O)N4CCOCC4)s3)NC(=O)NC1=O)C2. The predicted molar refractivity (Wildman–Crippen MR) is 129 cm³/mol. The second-order valence-electron chi connectivity index (χ2n) is 8.43. The molecular weight excluding hydrogens is 486 g/mol. The van der Waals surface area contributed by atoms with Crippen LogP contribution < -0.4 is 15.4 Å². The third-order valence-electron chi connectivity index (χ3n) is 6.20. The molecule has 2 fully saturated rings. The van der Waals surface area contributed by atoms with E-state index in [0.717, 1.165) is 5.56 Å². The van der Waals surface area contributed by atoms with E-state index in [1.54, 1.807) is 30.3 Å². The molecule has 3 aliphatic rings. The zero-order valence-electron chi connectivity index (χ0n) is 19.4. The number of carbonyl (C=O) groups excluding carboxylic acids is 3. The predicted octanol–water partition coefficient (Wildman–Crippen LogP) is 0.810. The molecule has 36 heavy (non-hydrogen) atoms. The van der Waals surface area contributed by atoms with Crippen molar-refractivity contribution < 1.29 is 29.1 Å². The molecule has 4 amide bonds. The molecule has 186 valence electrons. The zero-order chi connectivity index (χ0) is 25.3. The first-order valence-electron chi connectivity index (χ1n) is 11.2. The molecule has 0 aliphatic carbocycles. The minimum Gasteiger partial charge on any atom is -0.497 e. The molecule has 2 saturated heterocycles. The minimum atomic E-state index is -1.61. The molecule has 0 unspecified atom stereocenters. The second-order valence-corrected chi connectivity index (χ2v) is 9.52. The van der Waals surface area contributed by atoms with Crippen molar-refractivity contribution >= 4 is 35.0 Å². The van der Waals surface area contributed by atoms with Crippen LogP contribution in [0.2, 0.25) is 0 Å². The highest BCUT2D eigenvalue weighted by Crippen LogP contribution is 2.28. The summed E-state index contributed by atoms with van der Waals surface area (Å²) in [6, 6.07) is 8.10. The fourth-order valence-corrected chi connectivity index (χ4v) is 5.22. The molecule has 0 bridgehead atoms. The summed E-state index contributed by atoms with van der Waals surface area (Å²) >= 11 is 1.29. The molecule has 5 rings (SSSR count). The number of methoxy groups -OCH3 is 1. The third kappa shape index (κ3) is 4.34. The normalized spacial score (nSPS) is 21.6. The largest absolute Gasteiger partial charge is 0.497 e. The number of hydrogen-bond acceptors (Lipinski definition) is 8. The number of ether oxygens (including phenoxy) is 2. The fraction of sp³-hybridized carbons (Fsp3) is 0.333. The van der Waals surface area contributed by atoms with Gasteiger partial charge in [0.1, 0.15) is 5.75 Å². The molecule has 0 saturated carbocycles. The van der Waals surface area contributed by atoms with E-state index in [9.17, 15) is 19.6 Å². The summed E-state index contributed by atoms with van der Waals surface area (Å²) in [5.41, 5.74) is -0.319. The van der Waals surface area contributed by atoms with Gasteiger partial charge in [-0.1, -0.05) is 23.1 Å². The molecule has 3 N–H and O–H groups in total. The summed E-state index contributed by atoms with van der Waals surface area (Å²) in [5, 5.41) is 17.9. The van der Waals surface area contributed by atoms with Gasteiger partial charge in [-0.3, -0.25) is 14.9 Å². The van der Waals surface area contributed by atoms with E-state index >= 15 is 0 Å². The van der Waals surface area contributed by atoms with Crippen LogP contribution in [0.5, 0.6) is 5.75 Å². The van der Waals surface area contributed by atoms with Gasteiger partial charge in [0.15, 0.2) is 5.84 Å². The molecule has 11 nitrogen and oxygen atoms in total. The van der Waals surface area contributed by atoms with Gasteiger partial charge in [0.2, 0.25) is 5.54 Å². The number of morpholine rings is 1. The van der Waals surface area contributed by atoms with Gasteiger partial charge in [0.25, 0.3) is 11.8 Å². The lowest BCUT2D eigenvalue weighted by atomic mass is 9.99. The molecule has 1 aromatic carbocycles. The number of nitrogens with zero attached hydrogens (tertiary/aromatic N) is 3. The van der Waals surface area contributed by atoms with E-state index in [4.69, 9.17) is 9.47 Å². The molecule has 3 aliphatic heterocycles. The highest BCUT2D eigenvalue weighted by Gasteiger charge is 2.48. The van der Waals surface area contributed by atoms with Crippen molar-refractivity contribution in [3.63, 3.8) is 0 Å². The van der Waals surface area contributed by atoms with Crippen LogP contribution in [0.25, 0.3) is 0 Å². The molecule has 0 spiro atoms. The lowest BCUT2D eigenvalue weighted by molar-refractivity contribution is -0.122. The van der Waals surface area contributed by atoms with Crippen LogP contribution in [0.4, 0.5) is 4.79 Å². The Morgan fingerprint density at radius 2 is 2.06 bits per heavy atom. The Hall–Kier alpha value is -4.08. The summed E-state index contributed by atoms with van der Waals surface area (Å²) in [7, 11) is 1.52. The van der Waals surface area contributed by atoms with Crippen LogP contribution in [-0.2, 0) is 16.1 Å². The molecule has 1 atom stereocenters. The number of amides is 4. The molecule has 12 heteroatoms. The van der Waals surface area contributed by atoms with Crippen LogP contribution in [0.15, 0.2) is 35.5 Å². The second kappa shape index (κ2) is 9.52. The Balaban J connectivity index is 1.39. The minimum absolute atomic E-state index is 0.122. The fourth-order valence-electron chi connectivity index (χ4n) is 4.35. The number of rotatable bonds is 4. The first-order chi connectivity index (χ1) is 17.4. The Labute approximate surface area is 210 Å². The number of amidine groups is 1. The van der Waals surface area contributed by atoms with Crippen LogP contribution in [0.1, 0.15) is 25.7 Å². The van der Waals surface area contributed by atoms with Crippen molar-refractivity contribution in [3.8, 4) is 17.6 Å². The van der Waals surface area contributed by atoms with E-state index in [-0.39, 0.29) is 19.0 Å². The van der Waals surface area contributed by atoms with Crippen molar-refractivity contribution in [2.24, 2.45) is 5.16 Å². The Morgan fingerprint density at radius 1 is 1.25 bits per heavy atom. The Kier molecular flexibility index (Phi) is 6.26. The highest BCUT2D eigenvalue weighted by molar-refractivity contribution is 7.14. The van der Waals surface area contributed by atoms with E-state index in [2.05, 4.69) is 27.6 Å². The smallest absolute Gasteiger partial charge is 0.323 e. The molecule has 1 aromatic heterocycles. The third-order valence-corrected chi connectivity index (χ3v) is 7.19. The van der Waals surface area contributed by atoms with E-state index < -0.39 is 17.5 Å². The summed E-state index contributed by atoms with van der Waals surface area (Å²) in [4.78, 5) is 42.7. The zero-order valence-corrected chi connectivity index (χ0v) is 20.2. The van der Waals surface area contributed by atoms with Gasteiger partial charge in [-0.05, 0) is 29.8 Å². The van der Waals surface area contributed by atoms with E-state index in [0.29, 0.717) is 53.2 Å². The molecular formula is C24H23N5O6S. The van der Waals surface area contributed by atoms with E-state index in [1.807, 2.05) is 4.90 Å². The van der Waals surface area contributed by atoms with Gasteiger partial charge in [-0.2, -0.15) is 0 Å². The number of urea groups is 1. The van der Waals surface area contributed by atoms with Gasteiger partial charge in [0, 0.05) is 25.2 Å². The van der Waals surface area contributed by atoms with Crippen LogP contribution in [0, 0.1) is 11.8 Å². The number of nitrogens with one attached hydrogen (secondary N) is 2. The standard InChI is InChI=1S/C24H23N5O6S/c1-34-16-3-2-15-13-29(21(30)18(15)12-16)14-24(22(31)25-23(32)26-24)7-6-17-4-5-19(36-17)20(27-33)28-8-10-35-11-9-28/h2-5,12,33H,8-11,13-14H2,1H3,(H2,25,26,31,32)/b27-20+/t24-/m1/s1. The first-order valence-corrected chi connectivity index (χ1v) is 12.0. The van der Waals surface area contributed by atoms with Gasteiger partial charge in [-0.15, -0.1) is 11.3 Å². The molecule has 4 heterocycles. The lowest BCUT2D eigenvalue weighted by Gasteiger charge is -2.28. The maximum Gasteiger partial charge on any atom is 0.323 e. The number of fused-ring (bicyclic) bond motifs is 1. The Morgan fingerprint density at radius 3 is 2.75 bits per heavy atom. The number of oxime groups is 1. The number of carbonyl (C=O) groups is 3. The maximum absolute atomic E-state index is 13.0. The lowest BCUT2D eigenvalue weighted by Crippen LogP contribution is -2.54. The number of thiophene rings is 1. The summed E-state index contributed by atoms with van der Waals surface area (Å²) in [6.07, 6.45) is 0.